The Morgan fingerprint density at radius 3 is 2.39 bits per heavy atom. The number of ether oxygens (including phenoxy) is 2. The molecule has 0 bridgehead atoms. The molecule has 0 aromatic heterocycles. The number of carbonyl (C=O) groups is 3. The molecule has 130 valence electrons. The van der Waals surface area contributed by atoms with Gasteiger partial charge in [-0.15, -0.1) is 0 Å². The number of nitrogens with one attached hydrogen (secondary N) is 1. The van der Waals surface area contributed by atoms with E-state index in [2.05, 4.69) is 11.3 Å². The van der Waals surface area contributed by atoms with Gasteiger partial charge in [-0.2, -0.15) is 12.7 Å². The van der Waals surface area contributed by atoms with Gasteiger partial charge in [0.1, 0.15) is 6.61 Å². The molecule has 0 unspecified atom stereocenters. The topological polar surface area (TPSA) is 139 Å². The van der Waals surface area contributed by atoms with Gasteiger partial charge in [0.2, 0.25) is 0 Å². The third kappa shape index (κ3) is 6.24. The summed E-state index contributed by atoms with van der Waals surface area (Å²) in [5, 5.41) is 8.34. The zero-order chi connectivity index (χ0) is 17.5. The predicted molar refractivity (Wildman–Crippen MR) is 76.5 cm³/mol. The minimum absolute atomic E-state index is 0.0232. The molecule has 0 aromatic carbocycles. The minimum atomic E-state index is -4.15. The van der Waals surface area contributed by atoms with Crippen molar-refractivity contribution in [3.63, 3.8) is 0 Å². The summed E-state index contributed by atoms with van der Waals surface area (Å²) in [5.41, 5.74) is 0. The number of carboxylic acid groups (broad SMARTS) is 1. The summed E-state index contributed by atoms with van der Waals surface area (Å²) < 4.78 is 35.5. The number of hydrogen-bond acceptors (Lipinski definition) is 7. The van der Waals surface area contributed by atoms with E-state index in [-0.39, 0.29) is 32.5 Å². The highest BCUT2D eigenvalue weighted by atomic mass is 32.2. The molecule has 0 spiro atoms. The van der Waals surface area contributed by atoms with E-state index >= 15 is 0 Å². The lowest BCUT2D eigenvalue weighted by Crippen LogP contribution is -2.48. The Morgan fingerprint density at radius 2 is 1.87 bits per heavy atom. The van der Waals surface area contributed by atoms with Crippen LogP contribution in [0.4, 0.5) is 4.79 Å². The Bertz CT molecular complexity index is 566. The summed E-state index contributed by atoms with van der Waals surface area (Å²) in [7, 11) is -4.15. The monoisotopic (exact) mass is 350 g/mol. The van der Waals surface area contributed by atoms with Gasteiger partial charge in [-0.25, -0.2) is 14.3 Å². The van der Waals surface area contributed by atoms with E-state index in [9.17, 15) is 22.8 Å². The van der Waals surface area contributed by atoms with E-state index < -0.39 is 40.8 Å². The molecule has 2 N–H and O–H groups in total. The SMILES string of the molecule is C=CCOC(=O)C1CCN(S(=O)(=O)NC(=O)OCC(=O)O)CC1. The molecule has 0 radical (unpaired) electrons. The van der Waals surface area contributed by atoms with E-state index in [4.69, 9.17) is 9.84 Å². The van der Waals surface area contributed by atoms with Gasteiger partial charge in [-0.1, -0.05) is 12.7 Å². The number of carboxylic acids is 1. The molecule has 0 aliphatic carbocycles. The van der Waals surface area contributed by atoms with Crippen molar-refractivity contribution in [3.8, 4) is 0 Å². The molecule has 0 saturated carbocycles. The number of amides is 1. The van der Waals surface area contributed by atoms with E-state index in [1.807, 2.05) is 0 Å². The molecule has 1 amide bonds. The van der Waals surface area contributed by atoms with E-state index in [1.54, 1.807) is 4.72 Å². The molecule has 1 heterocycles. The maximum atomic E-state index is 11.9. The summed E-state index contributed by atoms with van der Waals surface area (Å²) in [6, 6.07) is 0. The van der Waals surface area contributed by atoms with Gasteiger partial charge in [0, 0.05) is 13.1 Å². The molecule has 11 heteroatoms. The van der Waals surface area contributed by atoms with Crippen LogP contribution in [0.5, 0.6) is 0 Å². The predicted octanol–water partition coefficient (Wildman–Crippen LogP) is -0.517. The van der Waals surface area contributed by atoms with Gasteiger partial charge >= 0.3 is 28.2 Å². The van der Waals surface area contributed by atoms with Crippen LogP contribution >= 0.6 is 0 Å². The number of rotatable bonds is 7. The van der Waals surface area contributed by atoms with Crippen molar-refractivity contribution in [2.45, 2.75) is 12.8 Å². The highest BCUT2D eigenvalue weighted by molar-refractivity contribution is 7.87. The fourth-order valence-corrected chi connectivity index (χ4v) is 3.01. The fraction of sp³-hybridized carbons (Fsp3) is 0.583. The van der Waals surface area contributed by atoms with Gasteiger partial charge in [0.15, 0.2) is 6.61 Å². The molecule has 1 aliphatic rings. The summed E-state index contributed by atoms with van der Waals surface area (Å²) in [5.74, 6) is -2.24. The van der Waals surface area contributed by atoms with Crippen molar-refractivity contribution in [1.29, 1.82) is 0 Å². The second-order valence-corrected chi connectivity index (χ2v) is 6.34. The quantitative estimate of drug-likeness (QED) is 0.462. The summed E-state index contributed by atoms with van der Waals surface area (Å²) in [4.78, 5) is 33.1. The van der Waals surface area contributed by atoms with Crippen molar-refractivity contribution >= 4 is 28.2 Å². The van der Waals surface area contributed by atoms with Gasteiger partial charge in [-0.05, 0) is 12.8 Å². The normalized spacial score (nSPS) is 16.3. The van der Waals surface area contributed by atoms with Crippen molar-refractivity contribution in [3.05, 3.63) is 12.7 Å². The Balaban J connectivity index is 2.48. The van der Waals surface area contributed by atoms with Crippen molar-refractivity contribution in [1.82, 2.24) is 9.03 Å². The average Bonchev–Trinajstić information content (AvgIpc) is 2.50. The smallest absolute Gasteiger partial charge is 0.422 e. The van der Waals surface area contributed by atoms with Crippen molar-refractivity contribution < 1.29 is 37.4 Å². The largest absolute Gasteiger partial charge is 0.479 e. The molecule has 1 fully saturated rings. The molecular formula is C12H18N2O8S. The number of carbonyl (C=O) groups excluding carboxylic acids is 2. The first-order chi connectivity index (χ1) is 10.8. The molecule has 1 saturated heterocycles. The maximum absolute atomic E-state index is 11.9. The van der Waals surface area contributed by atoms with Gasteiger partial charge in [0.25, 0.3) is 0 Å². The summed E-state index contributed by atoms with van der Waals surface area (Å²) in [6.45, 7) is 2.61. The molecule has 0 aromatic rings. The molecule has 1 rings (SSSR count). The number of hydrogen-bond donors (Lipinski definition) is 2. The van der Waals surface area contributed by atoms with Gasteiger partial charge < -0.3 is 14.6 Å². The minimum Gasteiger partial charge on any atom is -0.479 e. The van der Waals surface area contributed by atoms with E-state index in [0.29, 0.717) is 0 Å². The van der Waals surface area contributed by atoms with Crippen LogP contribution in [0.3, 0.4) is 0 Å². The standard InChI is InChI=1S/C12H18N2O8S/c1-2-7-21-11(17)9-3-5-14(6-4-9)23(19,20)13-12(18)22-8-10(15)16/h2,9H,1,3-8H2,(H,13,18)(H,15,16). The zero-order valence-corrected chi connectivity index (χ0v) is 13.1. The lowest BCUT2D eigenvalue weighted by molar-refractivity contribution is -0.148. The second kappa shape index (κ2) is 8.48. The maximum Gasteiger partial charge on any atom is 0.422 e. The average molecular weight is 350 g/mol. The molecule has 1 aliphatic heterocycles. The first kappa shape index (κ1) is 18.9. The van der Waals surface area contributed by atoms with Crippen LogP contribution < -0.4 is 4.72 Å². The molecular weight excluding hydrogens is 332 g/mol. The Labute approximate surface area is 133 Å². The number of piperidine rings is 1. The van der Waals surface area contributed by atoms with Crippen LogP contribution in [-0.2, 0) is 29.3 Å². The first-order valence-corrected chi connectivity index (χ1v) is 8.14. The Kier molecular flexibility index (Phi) is 6.97. The first-order valence-electron chi connectivity index (χ1n) is 6.70. The van der Waals surface area contributed by atoms with Gasteiger partial charge in [0.05, 0.1) is 5.92 Å². The lowest BCUT2D eigenvalue weighted by atomic mass is 9.98. The van der Waals surface area contributed by atoms with Crippen LogP contribution in [0.25, 0.3) is 0 Å². The lowest BCUT2D eigenvalue weighted by Gasteiger charge is -2.29. The van der Waals surface area contributed by atoms with Crippen LogP contribution in [0.2, 0.25) is 0 Å². The van der Waals surface area contributed by atoms with Gasteiger partial charge in [-0.3, -0.25) is 4.79 Å². The summed E-state index contributed by atoms with van der Waals surface area (Å²) in [6.07, 6.45) is 0.562. The fourth-order valence-electron chi connectivity index (χ4n) is 1.92. The third-order valence-electron chi connectivity index (χ3n) is 3.01. The van der Waals surface area contributed by atoms with Crippen LogP contribution in [-0.4, -0.2) is 62.2 Å². The Hall–Kier alpha value is -2.14. The highest BCUT2D eigenvalue weighted by Crippen LogP contribution is 2.20. The van der Waals surface area contributed by atoms with E-state index in [1.165, 1.54) is 6.08 Å². The number of aliphatic carboxylic acids is 1. The Morgan fingerprint density at radius 1 is 1.26 bits per heavy atom. The van der Waals surface area contributed by atoms with Crippen molar-refractivity contribution in [2.24, 2.45) is 5.92 Å². The van der Waals surface area contributed by atoms with E-state index in [0.717, 1.165) is 4.31 Å². The second-order valence-electron chi connectivity index (χ2n) is 4.67. The van der Waals surface area contributed by atoms with Crippen molar-refractivity contribution in [2.75, 3.05) is 26.3 Å². The zero-order valence-electron chi connectivity index (χ0n) is 12.3. The van der Waals surface area contributed by atoms with Crippen LogP contribution in [0, 0.1) is 5.92 Å². The number of esters is 1. The number of nitrogens with zero attached hydrogens (tertiary/aromatic N) is 1. The summed E-state index contributed by atoms with van der Waals surface area (Å²) >= 11 is 0. The molecule has 10 nitrogen and oxygen atoms in total. The molecule has 23 heavy (non-hydrogen) atoms. The van der Waals surface area contributed by atoms with Crippen LogP contribution in [0.1, 0.15) is 12.8 Å². The van der Waals surface area contributed by atoms with Crippen LogP contribution in [0.15, 0.2) is 12.7 Å². The molecule has 0 atom stereocenters. The third-order valence-corrected chi connectivity index (χ3v) is 4.48. The highest BCUT2D eigenvalue weighted by Gasteiger charge is 2.33.